The Bertz CT molecular complexity index is 130. The van der Waals surface area contributed by atoms with Crippen LogP contribution in [-0.2, 0) is 9.47 Å². The topological polar surface area (TPSA) is 35.5 Å². The monoisotopic (exact) mass is 200 g/mol. The zero-order chi connectivity index (χ0) is 8.91. The summed E-state index contributed by atoms with van der Waals surface area (Å²) in [7, 11) is 0. The maximum Gasteiger partial charge on any atom is 0.510 e. The fourth-order valence-corrected chi connectivity index (χ4v) is 0.490. The van der Waals surface area contributed by atoms with Gasteiger partial charge in [0, 0.05) is 0 Å². The fourth-order valence-electron chi connectivity index (χ4n) is 0.350. The van der Waals surface area contributed by atoms with Crippen LogP contribution in [0.2, 0.25) is 0 Å². The summed E-state index contributed by atoms with van der Waals surface area (Å²) in [5.41, 5.74) is 0. The zero-order valence-electron chi connectivity index (χ0n) is 6.39. The molecule has 0 spiro atoms. The third-order valence-corrected chi connectivity index (χ3v) is 0.855. The van der Waals surface area contributed by atoms with Crippen LogP contribution < -0.4 is 0 Å². The van der Waals surface area contributed by atoms with Gasteiger partial charge in [0.2, 0.25) is 0 Å². The van der Waals surface area contributed by atoms with Crippen LogP contribution in [0.15, 0.2) is 0 Å². The van der Waals surface area contributed by atoms with Crippen LogP contribution >= 0.6 is 23.2 Å². The van der Waals surface area contributed by atoms with E-state index in [9.17, 15) is 4.79 Å². The molecule has 0 saturated heterocycles. The average Bonchev–Trinajstić information content (AvgIpc) is 1.79. The molecule has 11 heavy (non-hydrogen) atoms. The summed E-state index contributed by atoms with van der Waals surface area (Å²) >= 11 is 10.8. The van der Waals surface area contributed by atoms with Crippen molar-refractivity contribution in [2.24, 2.45) is 0 Å². The van der Waals surface area contributed by atoms with Crippen molar-refractivity contribution in [2.75, 3.05) is 12.5 Å². The Morgan fingerprint density at radius 1 is 1.55 bits per heavy atom. The highest BCUT2D eigenvalue weighted by Gasteiger charge is 2.19. The van der Waals surface area contributed by atoms with Gasteiger partial charge in [-0.3, -0.25) is 0 Å². The molecular weight excluding hydrogens is 191 g/mol. The molecule has 0 aromatic heterocycles. The summed E-state index contributed by atoms with van der Waals surface area (Å²) in [4.78, 5) is 10.6. The molecule has 0 bridgehead atoms. The molecule has 3 nitrogen and oxygen atoms in total. The van der Waals surface area contributed by atoms with E-state index in [1.807, 2.05) is 0 Å². The van der Waals surface area contributed by atoms with Crippen molar-refractivity contribution in [1.29, 1.82) is 0 Å². The maximum atomic E-state index is 10.6. The van der Waals surface area contributed by atoms with Crippen LogP contribution in [0.4, 0.5) is 4.79 Å². The van der Waals surface area contributed by atoms with Gasteiger partial charge < -0.3 is 9.47 Å². The molecule has 0 saturated carbocycles. The van der Waals surface area contributed by atoms with E-state index < -0.39 is 11.2 Å². The van der Waals surface area contributed by atoms with Gasteiger partial charge in [-0.05, 0) is 13.8 Å². The Hall–Kier alpha value is -0.150. The van der Waals surface area contributed by atoms with Gasteiger partial charge in [0.25, 0.3) is 0 Å². The first kappa shape index (κ1) is 10.8. The minimum absolute atomic E-state index is 0.132. The van der Waals surface area contributed by atoms with E-state index in [-0.39, 0.29) is 12.5 Å². The lowest BCUT2D eigenvalue weighted by Gasteiger charge is -2.15. The van der Waals surface area contributed by atoms with Gasteiger partial charge >= 0.3 is 6.16 Å². The van der Waals surface area contributed by atoms with E-state index >= 15 is 0 Å². The molecule has 0 radical (unpaired) electrons. The van der Waals surface area contributed by atoms with Gasteiger partial charge in [-0.25, -0.2) is 4.79 Å². The standard InChI is InChI=1S/C6H10Cl2O3/c1-6(2,8)11-5(9)10-4-3-7/h3-4H2,1-2H3. The minimum Gasteiger partial charge on any atom is -0.433 e. The van der Waals surface area contributed by atoms with Gasteiger partial charge in [-0.2, -0.15) is 0 Å². The molecule has 66 valence electrons. The smallest absolute Gasteiger partial charge is 0.433 e. The summed E-state index contributed by atoms with van der Waals surface area (Å²) in [6, 6.07) is 0. The first-order chi connectivity index (χ1) is 4.95. The van der Waals surface area contributed by atoms with Crippen molar-refractivity contribution in [1.82, 2.24) is 0 Å². The normalized spacial score (nSPS) is 10.9. The number of ether oxygens (including phenoxy) is 2. The largest absolute Gasteiger partial charge is 0.510 e. The number of rotatable bonds is 3. The van der Waals surface area contributed by atoms with E-state index in [4.69, 9.17) is 23.2 Å². The first-order valence-electron chi connectivity index (χ1n) is 3.06. The highest BCUT2D eigenvalue weighted by Crippen LogP contribution is 2.14. The Kier molecular flexibility index (Phi) is 4.61. The van der Waals surface area contributed by atoms with Crippen molar-refractivity contribution < 1.29 is 14.3 Å². The SMILES string of the molecule is CC(C)(Cl)OC(=O)OCCCl. The molecule has 0 aromatic rings. The van der Waals surface area contributed by atoms with Gasteiger partial charge in [0.15, 0.2) is 5.06 Å². The number of carbonyl (C=O) groups is 1. The molecule has 0 aliphatic carbocycles. The van der Waals surface area contributed by atoms with Crippen molar-refractivity contribution >= 4 is 29.4 Å². The van der Waals surface area contributed by atoms with Gasteiger partial charge in [0.1, 0.15) is 6.61 Å². The van der Waals surface area contributed by atoms with Gasteiger partial charge in [-0.15, -0.1) is 11.6 Å². The van der Waals surface area contributed by atoms with Crippen LogP contribution in [-0.4, -0.2) is 23.7 Å². The van der Waals surface area contributed by atoms with Crippen molar-refractivity contribution in [3.05, 3.63) is 0 Å². The summed E-state index contributed by atoms with van der Waals surface area (Å²) in [5, 5.41) is -1.02. The average molecular weight is 201 g/mol. The van der Waals surface area contributed by atoms with E-state index in [1.54, 1.807) is 0 Å². The van der Waals surface area contributed by atoms with Crippen molar-refractivity contribution in [2.45, 2.75) is 18.9 Å². The fraction of sp³-hybridized carbons (Fsp3) is 0.833. The molecule has 0 atom stereocenters. The Morgan fingerprint density at radius 2 is 2.09 bits per heavy atom. The molecular formula is C6H10Cl2O3. The number of hydrogen-bond acceptors (Lipinski definition) is 3. The molecule has 0 amide bonds. The second-order valence-electron chi connectivity index (χ2n) is 2.25. The molecule has 5 heteroatoms. The third kappa shape index (κ3) is 7.75. The van der Waals surface area contributed by atoms with Crippen LogP contribution in [0, 0.1) is 0 Å². The molecule has 0 fully saturated rings. The van der Waals surface area contributed by atoms with Crippen LogP contribution in [0.5, 0.6) is 0 Å². The Labute approximate surface area is 75.6 Å². The van der Waals surface area contributed by atoms with Crippen LogP contribution in [0.3, 0.4) is 0 Å². The molecule has 0 heterocycles. The van der Waals surface area contributed by atoms with Crippen LogP contribution in [0.1, 0.15) is 13.8 Å². The number of alkyl halides is 2. The summed E-state index contributed by atoms with van der Waals surface area (Å²) < 4.78 is 9.08. The lowest BCUT2D eigenvalue weighted by Crippen LogP contribution is -2.22. The first-order valence-corrected chi connectivity index (χ1v) is 3.97. The molecule has 0 aliphatic heterocycles. The third-order valence-electron chi connectivity index (χ3n) is 0.623. The maximum absolute atomic E-state index is 10.6. The van der Waals surface area contributed by atoms with Crippen LogP contribution in [0.25, 0.3) is 0 Å². The second-order valence-corrected chi connectivity index (χ2v) is 3.54. The Balaban J connectivity index is 3.53. The van der Waals surface area contributed by atoms with E-state index in [0.717, 1.165) is 0 Å². The van der Waals surface area contributed by atoms with E-state index in [0.29, 0.717) is 0 Å². The number of halogens is 2. The Morgan fingerprint density at radius 3 is 2.45 bits per heavy atom. The molecule has 0 rings (SSSR count). The number of carbonyl (C=O) groups excluding carboxylic acids is 1. The predicted octanol–water partition coefficient (Wildman–Crippen LogP) is 2.35. The zero-order valence-corrected chi connectivity index (χ0v) is 7.91. The lowest BCUT2D eigenvalue weighted by molar-refractivity contribution is 0.0230. The minimum atomic E-state index is -1.02. The molecule has 0 aromatic carbocycles. The summed E-state index contributed by atoms with van der Waals surface area (Å²) in [5.74, 6) is 0.248. The molecule has 0 N–H and O–H groups in total. The van der Waals surface area contributed by atoms with Crippen molar-refractivity contribution in [3.8, 4) is 0 Å². The molecule has 0 aliphatic rings. The lowest BCUT2D eigenvalue weighted by atomic mass is 10.5. The van der Waals surface area contributed by atoms with Crippen molar-refractivity contribution in [3.63, 3.8) is 0 Å². The van der Waals surface area contributed by atoms with Gasteiger partial charge in [0.05, 0.1) is 5.88 Å². The van der Waals surface area contributed by atoms with E-state index in [2.05, 4.69) is 9.47 Å². The second kappa shape index (κ2) is 4.67. The summed E-state index contributed by atoms with van der Waals surface area (Å²) in [6.07, 6.45) is -0.800. The number of hydrogen-bond donors (Lipinski definition) is 0. The highest BCUT2D eigenvalue weighted by molar-refractivity contribution is 6.22. The highest BCUT2D eigenvalue weighted by atomic mass is 35.5. The van der Waals surface area contributed by atoms with E-state index in [1.165, 1.54) is 13.8 Å². The quantitative estimate of drug-likeness (QED) is 0.519. The van der Waals surface area contributed by atoms with Gasteiger partial charge in [-0.1, -0.05) is 11.6 Å². The predicted molar refractivity (Wildman–Crippen MR) is 43.1 cm³/mol. The molecule has 0 unspecified atom stereocenters. The summed E-state index contributed by atoms with van der Waals surface area (Å²) in [6.45, 7) is 3.21.